The number of ether oxygens (including phenoxy) is 1. The topological polar surface area (TPSA) is 58.0 Å². The summed E-state index contributed by atoms with van der Waals surface area (Å²) < 4.78 is 33.8. The van der Waals surface area contributed by atoms with E-state index in [0.29, 0.717) is 44.0 Å². The molecular formula is C23H26F2N4O2. The first-order chi connectivity index (χ1) is 15.0. The van der Waals surface area contributed by atoms with E-state index in [-0.39, 0.29) is 24.0 Å². The Bertz CT molecular complexity index is 962. The second-order valence-electron chi connectivity index (χ2n) is 7.92. The maximum atomic E-state index is 14.0. The number of morpholine rings is 1. The molecule has 0 N–H and O–H groups in total. The molecular weight excluding hydrogens is 402 g/mol. The van der Waals surface area contributed by atoms with Gasteiger partial charge >= 0.3 is 0 Å². The minimum atomic E-state index is -0.588. The van der Waals surface area contributed by atoms with Crippen molar-refractivity contribution in [1.29, 1.82) is 0 Å². The molecule has 2 aliphatic rings. The zero-order valence-corrected chi connectivity index (χ0v) is 17.6. The second kappa shape index (κ2) is 9.51. The minimum absolute atomic E-state index is 0.00618. The fourth-order valence-electron chi connectivity index (χ4n) is 3.89. The average molecular weight is 428 g/mol. The van der Waals surface area contributed by atoms with Gasteiger partial charge in [-0.25, -0.2) is 8.78 Å². The lowest BCUT2D eigenvalue weighted by atomic mass is 10.1. The standard InChI is InChI=1S/C23H26F2N4O2/c1-16-8-10-29(27-16)11-9-23(30)28-12-13-31-22(15-28)21-7-2-4-17(26-21)14-18-19(24)5-3-6-20(18)25/h2-7,22H,8-15H2,1H3/t22-/m1/s1. The van der Waals surface area contributed by atoms with Gasteiger partial charge in [0.2, 0.25) is 5.91 Å². The summed E-state index contributed by atoms with van der Waals surface area (Å²) in [6.07, 6.45) is 1.04. The highest BCUT2D eigenvalue weighted by Crippen LogP contribution is 2.23. The molecule has 1 aromatic heterocycles. The fraction of sp³-hybridized carbons (Fsp3) is 0.435. The molecule has 0 aliphatic carbocycles. The first-order valence-electron chi connectivity index (χ1n) is 10.6. The molecule has 8 heteroatoms. The Hall–Kier alpha value is -2.87. The largest absolute Gasteiger partial charge is 0.368 e. The van der Waals surface area contributed by atoms with E-state index >= 15 is 0 Å². The van der Waals surface area contributed by atoms with Gasteiger partial charge in [-0.1, -0.05) is 12.1 Å². The lowest BCUT2D eigenvalue weighted by Gasteiger charge is -2.33. The summed E-state index contributed by atoms with van der Waals surface area (Å²) in [6.45, 7) is 4.84. The van der Waals surface area contributed by atoms with E-state index in [1.165, 1.54) is 18.2 Å². The molecule has 6 nitrogen and oxygen atoms in total. The van der Waals surface area contributed by atoms with Gasteiger partial charge in [0.15, 0.2) is 0 Å². The molecule has 0 spiro atoms. The van der Waals surface area contributed by atoms with Crippen molar-refractivity contribution >= 4 is 11.6 Å². The number of carbonyl (C=O) groups excluding carboxylic acids is 1. The lowest BCUT2D eigenvalue weighted by Crippen LogP contribution is -2.43. The maximum Gasteiger partial charge on any atom is 0.224 e. The van der Waals surface area contributed by atoms with Crippen molar-refractivity contribution in [1.82, 2.24) is 14.9 Å². The number of rotatable bonds is 6. The van der Waals surface area contributed by atoms with Gasteiger partial charge in [0.1, 0.15) is 17.7 Å². The van der Waals surface area contributed by atoms with Gasteiger partial charge in [0.25, 0.3) is 0 Å². The first-order valence-corrected chi connectivity index (χ1v) is 10.6. The lowest BCUT2D eigenvalue weighted by molar-refractivity contribution is -0.139. The minimum Gasteiger partial charge on any atom is -0.368 e. The van der Waals surface area contributed by atoms with Gasteiger partial charge in [0, 0.05) is 55.9 Å². The molecule has 3 heterocycles. The molecule has 1 atom stereocenters. The van der Waals surface area contributed by atoms with Crippen LogP contribution in [0.2, 0.25) is 0 Å². The molecule has 0 unspecified atom stereocenters. The summed E-state index contributed by atoms with van der Waals surface area (Å²) in [5.41, 5.74) is 2.30. The molecule has 31 heavy (non-hydrogen) atoms. The maximum absolute atomic E-state index is 14.0. The molecule has 164 valence electrons. The predicted molar refractivity (Wildman–Crippen MR) is 113 cm³/mol. The SMILES string of the molecule is CC1=NN(CCC(=O)N2CCO[C@@H](c3cccc(Cc4c(F)cccc4F)n3)C2)CC1. The monoisotopic (exact) mass is 428 g/mol. The van der Waals surface area contributed by atoms with Gasteiger partial charge in [-0.3, -0.25) is 14.8 Å². The summed E-state index contributed by atoms with van der Waals surface area (Å²) in [4.78, 5) is 19.0. The normalized spacial score (nSPS) is 18.9. The third kappa shape index (κ3) is 5.25. The number of aromatic nitrogens is 1. The number of carbonyl (C=O) groups is 1. The molecule has 1 saturated heterocycles. The van der Waals surface area contributed by atoms with Gasteiger partial charge in [0.05, 0.1) is 18.8 Å². The highest BCUT2D eigenvalue weighted by molar-refractivity contribution is 5.83. The Balaban J connectivity index is 1.39. The van der Waals surface area contributed by atoms with Crippen LogP contribution in [0.25, 0.3) is 0 Å². The van der Waals surface area contributed by atoms with Crippen LogP contribution in [-0.4, -0.2) is 59.3 Å². The average Bonchev–Trinajstić information content (AvgIpc) is 3.20. The number of nitrogens with zero attached hydrogens (tertiary/aromatic N) is 4. The van der Waals surface area contributed by atoms with Crippen LogP contribution in [0.4, 0.5) is 8.78 Å². The first kappa shape index (κ1) is 21.4. The van der Waals surface area contributed by atoms with Crippen LogP contribution >= 0.6 is 0 Å². The molecule has 1 amide bonds. The van der Waals surface area contributed by atoms with Crippen molar-refractivity contribution in [3.63, 3.8) is 0 Å². The zero-order valence-electron chi connectivity index (χ0n) is 17.6. The Morgan fingerprint density at radius 3 is 2.68 bits per heavy atom. The van der Waals surface area contributed by atoms with Crippen LogP contribution in [0.1, 0.15) is 42.8 Å². The quantitative estimate of drug-likeness (QED) is 0.708. The summed E-state index contributed by atoms with van der Waals surface area (Å²) in [7, 11) is 0. The van der Waals surface area contributed by atoms with Gasteiger partial charge in [-0.2, -0.15) is 5.10 Å². The van der Waals surface area contributed by atoms with Crippen molar-refractivity contribution < 1.29 is 18.3 Å². The number of hydrogen-bond donors (Lipinski definition) is 0. The predicted octanol–water partition coefficient (Wildman–Crippen LogP) is 3.32. The van der Waals surface area contributed by atoms with Crippen molar-refractivity contribution in [2.24, 2.45) is 5.10 Å². The third-order valence-electron chi connectivity index (χ3n) is 5.62. The van der Waals surface area contributed by atoms with E-state index < -0.39 is 11.6 Å². The molecule has 0 bridgehead atoms. The number of benzene rings is 1. The van der Waals surface area contributed by atoms with Crippen LogP contribution in [0.5, 0.6) is 0 Å². The highest BCUT2D eigenvalue weighted by Gasteiger charge is 2.27. The van der Waals surface area contributed by atoms with Crippen molar-refractivity contribution in [3.8, 4) is 0 Å². The Morgan fingerprint density at radius 1 is 1.16 bits per heavy atom. The van der Waals surface area contributed by atoms with Gasteiger partial charge in [-0.15, -0.1) is 0 Å². The highest BCUT2D eigenvalue weighted by atomic mass is 19.1. The zero-order chi connectivity index (χ0) is 21.8. The van der Waals surface area contributed by atoms with E-state index in [0.717, 1.165) is 18.7 Å². The van der Waals surface area contributed by atoms with Crippen molar-refractivity contribution in [3.05, 3.63) is 65.0 Å². The van der Waals surface area contributed by atoms with Crippen LogP contribution in [0, 0.1) is 11.6 Å². The Morgan fingerprint density at radius 2 is 1.94 bits per heavy atom. The van der Waals surface area contributed by atoms with E-state index in [9.17, 15) is 13.6 Å². The summed E-state index contributed by atoms with van der Waals surface area (Å²) >= 11 is 0. The number of pyridine rings is 1. The number of hydrogen-bond acceptors (Lipinski definition) is 5. The summed E-state index contributed by atoms with van der Waals surface area (Å²) in [6, 6.07) is 9.18. The number of halogens is 2. The van der Waals surface area contributed by atoms with Crippen LogP contribution in [-0.2, 0) is 16.0 Å². The summed E-state index contributed by atoms with van der Waals surface area (Å²) in [5, 5.41) is 6.36. The number of hydrazone groups is 1. The molecule has 2 aromatic rings. The van der Waals surface area contributed by atoms with Crippen LogP contribution < -0.4 is 0 Å². The van der Waals surface area contributed by atoms with E-state index in [4.69, 9.17) is 4.74 Å². The fourth-order valence-corrected chi connectivity index (χ4v) is 3.89. The van der Waals surface area contributed by atoms with E-state index in [1.54, 1.807) is 17.0 Å². The van der Waals surface area contributed by atoms with Gasteiger partial charge < -0.3 is 9.64 Å². The van der Waals surface area contributed by atoms with Crippen molar-refractivity contribution in [2.45, 2.75) is 32.3 Å². The smallest absolute Gasteiger partial charge is 0.224 e. The second-order valence-corrected chi connectivity index (χ2v) is 7.92. The van der Waals surface area contributed by atoms with Crippen LogP contribution in [0.15, 0.2) is 41.5 Å². The molecule has 0 radical (unpaired) electrons. The summed E-state index contributed by atoms with van der Waals surface area (Å²) in [5.74, 6) is -1.11. The van der Waals surface area contributed by atoms with Gasteiger partial charge in [-0.05, 0) is 31.2 Å². The number of amides is 1. The van der Waals surface area contributed by atoms with Crippen molar-refractivity contribution in [2.75, 3.05) is 32.8 Å². The van der Waals surface area contributed by atoms with E-state index in [2.05, 4.69) is 10.1 Å². The molecule has 4 rings (SSSR count). The molecule has 1 fully saturated rings. The van der Waals surface area contributed by atoms with E-state index in [1.807, 2.05) is 18.0 Å². The Labute approximate surface area is 180 Å². The molecule has 0 saturated carbocycles. The van der Waals surface area contributed by atoms with Crippen LogP contribution in [0.3, 0.4) is 0 Å². The third-order valence-corrected chi connectivity index (χ3v) is 5.62. The molecule has 2 aliphatic heterocycles. The Kier molecular flexibility index (Phi) is 6.56. The molecule has 1 aromatic carbocycles.